The first-order valence-electron chi connectivity index (χ1n) is 10.2. The summed E-state index contributed by atoms with van der Waals surface area (Å²) < 4.78 is 21.4. The van der Waals surface area contributed by atoms with Crippen LogP contribution in [-0.2, 0) is 6.42 Å². The standard InChI is InChI=1S/C23H26ClNO5/c1-27-18-9-16(10-19(13-18)28-2)4-3-15-5-7-25(8-6-15)23(26)17-11-20(24)22-21(12-17)29-14-30-22/h9-13,15H,3-8,14H2,1-2H3. The average Bonchev–Trinajstić information content (AvgIpc) is 3.26. The molecule has 2 heterocycles. The number of amides is 1. The highest BCUT2D eigenvalue weighted by Gasteiger charge is 2.26. The van der Waals surface area contributed by atoms with Gasteiger partial charge in [0.25, 0.3) is 5.91 Å². The van der Waals surface area contributed by atoms with E-state index in [9.17, 15) is 4.79 Å². The predicted molar refractivity (Wildman–Crippen MR) is 114 cm³/mol. The van der Waals surface area contributed by atoms with E-state index in [0.717, 1.165) is 50.3 Å². The number of aryl methyl sites for hydroxylation is 1. The molecule has 7 heteroatoms. The Morgan fingerprint density at radius 1 is 1.07 bits per heavy atom. The molecule has 2 aliphatic heterocycles. The molecule has 0 aromatic heterocycles. The van der Waals surface area contributed by atoms with Crippen LogP contribution in [0.1, 0.15) is 35.2 Å². The second-order valence-corrected chi connectivity index (χ2v) is 8.09. The molecule has 1 fully saturated rings. The Balaban J connectivity index is 1.32. The SMILES string of the molecule is COc1cc(CCC2CCN(C(=O)c3cc(Cl)c4c(c3)OCO4)CC2)cc(OC)c1. The Labute approximate surface area is 181 Å². The van der Waals surface area contributed by atoms with E-state index >= 15 is 0 Å². The summed E-state index contributed by atoms with van der Waals surface area (Å²) in [5.41, 5.74) is 1.76. The molecule has 0 N–H and O–H groups in total. The van der Waals surface area contributed by atoms with Crippen molar-refractivity contribution in [2.45, 2.75) is 25.7 Å². The largest absolute Gasteiger partial charge is 0.497 e. The van der Waals surface area contributed by atoms with Crippen molar-refractivity contribution in [3.63, 3.8) is 0 Å². The van der Waals surface area contributed by atoms with Gasteiger partial charge in [-0.25, -0.2) is 0 Å². The first-order valence-corrected chi connectivity index (χ1v) is 10.6. The molecular weight excluding hydrogens is 406 g/mol. The topological polar surface area (TPSA) is 57.2 Å². The molecule has 0 bridgehead atoms. The van der Waals surface area contributed by atoms with E-state index in [-0.39, 0.29) is 12.7 Å². The minimum atomic E-state index is -0.00816. The van der Waals surface area contributed by atoms with E-state index in [4.69, 9.17) is 30.5 Å². The molecule has 1 amide bonds. The van der Waals surface area contributed by atoms with Crippen molar-refractivity contribution < 1.29 is 23.7 Å². The lowest BCUT2D eigenvalue weighted by atomic mass is 9.90. The Kier molecular flexibility index (Phi) is 6.23. The lowest BCUT2D eigenvalue weighted by molar-refractivity contribution is 0.0686. The molecule has 2 aliphatic rings. The van der Waals surface area contributed by atoms with Gasteiger partial charge >= 0.3 is 0 Å². The van der Waals surface area contributed by atoms with Crippen molar-refractivity contribution >= 4 is 17.5 Å². The van der Waals surface area contributed by atoms with Gasteiger partial charge in [-0.1, -0.05) is 11.6 Å². The number of carbonyl (C=O) groups is 1. The fourth-order valence-corrected chi connectivity index (χ4v) is 4.34. The van der Waals surface area contributed by atoms with Gasteiger partial charge in [-0.3, -0.25) is 4.79 Å². The molecule has 1 saturated heterocycles. The Morgan fingerprint density at radius 3 is 2.43 bits per heavy atom. The summed E-state index contributed by atoms with van der Waals surface area (Å²) in [5.74, 6) is 3.26. The molecule has 2 aromatic rings. The number of halogens is 1. The van der Waals surface area contributed by atoms with Crippen LogP contribution in [0.4, 0.5) is 0 Å². The summed E-state index contributed by atoms with van der Waals surface area (Å²) in [6.07, 6.45) is 4.02. The van der Waals surface area contributed by atoms with Crippen LogP contribution in [-0.4, -0.2) is 44.9 Å². The third kappa shape index (κ3) is 4.43. The van der Waals surface area contributed by atoms with E-state index in [1.165, 1.54) is 5.56 Å². The molecule has 160 valence electrons. The molecule has 0 aliphatic carbocycles. The number of fused-ring (bicyclic) bond motifs is 1. The number of benzene rings is 2. The zero-order chi connectivity index (χ0) is 21.1. The van der Waals surface area contributed by atoms with E-state index in [2.05, 4.69) is 12.1 Å². The van der Waals surface area contributed by atoms with Crippen molar-refractivity contribution in [2.24, 2.45) is 5.92 Å². The normalized spacial score (nSPS) is 15.9. The number of piperidine rings is 1. The quantitative estimate of drug-likeness (QED) is 0.670. The third-order valence-corrected chi connectivity index (χ3v) is 6.11. The number of rotatable bonds is 6. The van der Waals surface area contributed by atoms with Crippen molar-refractivity contribution in [3.8, 4) is 23.0 Å². The Morgan fingerprint density at radius 2 is 1.77 bits per heavy atom. The summed E-state index contributed by atoms with van der Waals surface area (Å²) in [4.78, 5) is 14.8. The van der Waals surface area contributed by atoms with Gasteiger partial charge in [-0.05, 0) is 61.4 Å². The summed E-state index contributed by atoms with van der Waals surface area (Å²) in [5, 5.41) is 0.414. The number of hydrogen-bond acceptors (Lipinski definition) is 5. The molecule has 0 atom stereocenters. The van der Waals surface area contributed by atoms with E-state index in [0.29, 0.717) is 28.0 Å². The first kappa shape index (κ1) is 20.7. The van der Waals surface area contributed by atoms with Crippen molar-refractivity contribution in [1.82, 2.24) is 4.90 Å². The molecule has 6 nitrogen and oxygen atoms in total. The van der Waals surface area contributed by atoms with Crippen LogP contribution < -0.4 is 18.9 Å². The van der Waals surface area contributed by atoms with Crippen LogP contribution in [0.3, 0.4) is 0 Å². The molecule has 2 aromatic carbocycles. The second-order valence-electron chi connectivity index (χ2n) is 7.69. The summed E-state index contributed by atoms with van der Waals surface area (Å²) in [6, 6.07) is 9.39. The zero-order valence-corrected chi connectivity index (χ0v) is 18.0. The van der Waals surface area contributed by atoms with Gasteiger partial charge in [0.1, 0.15) is 11.5 Å². The molecular formula is C23H26ClNO5. The lowest BCUT2D eigenvalue weighted by Gasteiger charge is -2.32. The van der Waals surface area contributed by atoms with Crippen LogP contribution in [0.25, 0.3) is 0 Å². The first-order chi connectivity index (χ1) is 14.6. The monoisotopic (exact) mass is 431 g/mol. The minimum Gasteiger partial charge on any atom is -0.497 e. The number of likely N-dealkylation sites (tertiary alicyclic amines) is 1. The Bertz CT molecular complexity index is 902. The van der Waals surface area contributed by atoms with Gasteiger partial charge in [-0.15, -0.1) is 0 Å². The fourth-order valence-electron chi connectivity index (χ4n) is 4.08. The molecule has 0 saturated carbocycles. The maximum Gasteiger partial charge on any atom is 0.254 e. The van der Waals surface area contributed by atoms with Gasteiger partial charge in [-0.2, -0.15) is 0 Å². The van der Waals surface area contributed by atoms with Crippen LogP contribution >= 0.6 is 11.6 Å². The van der Waals surface area contributed by atoms with Gasteiger partial charge in [0.2, 0.25) is 6.79 Å². The number of nitrogens with zero attached hydrogens (tertiary/aromatic N) is 1. The number of ether oxygens (including phenoxy) is 4. The van der Waals surface area contributed by atoms with Gasteiger partial charge < -0.3 is 23.8 Å². The van der Waals surface area contributed by atoms with Gasteiger partial charge in [0.15, 0.2) is 11.5 Å². The predicted octanol–water partition coefficient (Wildman–Crippen LogP) is 4.57. The van der Waals surface area contributed by atoms with Crippen molar-refractivity contribution in [3.05, 3.63) is 46.5 Å². The number of carbonyl (C=O) groups excluding carboxylic acids is 1. The lowest BCUT2D eigenvalue weighted by Crippen LogP contribution is -2.38. The number of hydrogen-bond donors (Lipinski definition) is 0. The number of methoxy groups -OCH3 is 2. The van der Waals surface area contributed by atoms with Crippen LogP contribution in [0.5, 0.6) is 23.0 Å². The van der Waals surface area contributed by atoms with Crippen LogP contribution in [0, 0.1) is 5.92 Å². The fraction of sp³-hybridized carbons (Fsp3) is 0.435. The van der Waals surface area contributed by atoms with E-state index < -0.39 is 0 Å². The van der Waals surface area contributed by atoms with Gasteiger partial charge in [0.05, 0.1) is 19.2 Å². The second kappa shape index (κ2) is 9.04. The zero-order valence-electron chi connectivity index (χ0n) is 17.3. The molecule has 30 heavy (non-hydrogen) atoms. The highest BCUT2D eigenvalue weighted by atomic mass is 35.5. The molecule has 0 radical (unpaired) electrons. The minimum absolute atomic E-state index is 0.00816. The summed E-state index contributed by atoms with van der Waals surface area (Å²) >= 11 is 6.23. The average molecular weight is 432 g/mol. The Hall–Kier alpha value is -2.60. The van der Waals surface area contributed by atoms with Crippen molar-refractivity contribution in [1.29, 1.82) is 0 Å². The van der Waals surface area contributed by atoms with Gasteiger partial charge in [0, 0.05) is 24.7 Å². The van der Waals surface area contributed by atoms with Crippen LogP contribution in [0.2, 0.25) is 5.02 Å². The van der Waals surface area contributed by atoms with Crippen LogP contribution in [0.15, 0.2) is 30.3 Å². The van der Waals surface area contributed by atoms with Crippen molar-refractivity contribution in [2.75, 3.05) is 34.1 Å². The highest BCUT2D eigenvalue weighted by molar-refractivity contribution is 6.32. The molecule has 4 rings (SSSR count). The van der Waals surface area contributed by atoms with E-state index in [1.54, 1.807) is 26.4 Å². The smallest absolute Gasteiger partial charge is 0.254 e. The molecule has 0 spiro atoms. The maximum absolute atomic E-state index is 12.9. The molecule has 0 unspecified atom stereocenters. The van der Waals surface area contributed by atoms with E-state index in [1.807, 2.05) is 11.0 Å². The highest BCUT2D eigenvalue weighted by Crippen LogP contribution is 2.40. The summed E-state index contributed by atoms with van der Waals surface area (Å²) in [7, 11) is 3.33. The third-order valence-electron chi connectivity index (χ3n) is 5.83. The summed E-state index contributed by atoms with van der Waals surface area (Å²) in [6.45, 7) is 1.63. The maximum atomic E-state index is 12.9.